The highest BCUT2D eigenvalue weighted by Gasteiger charge is 2.54. The number of halogens is 2. The first-order chi connectivity index (χ1) is 26.4. The van der Waals surface area contributed by atoms with E-state index in [4.69, 9.17) is 18.6 Å². The van der Waals surface area contributed by atoms with Gasteiger partial charge in [-0.3, -0.25) is 0 Å². The first-order valence-corrected chi connectivity index (χ1v) is 24.4. The van der Waals surface area contributed by atoms with E-state index in [0.29, 0.717) is 0 Å². The predicted molar refractivity (Wildman–Crippen MR) is 251 cm³/mol. The topological polar surface area (TPSA) is 36.9 Å². The fraction of sp³-hybridized carbons (Fsp3) is 0.750. The van der Waals surface area contributed by atoms with Crippen molar-refractivity contribution in [3.8, 4) is 0 Å². The molecule has 0 spiro atoms. The van der Waals surface area contributed by atoms with Crippen molar-refractivity contribution >= 4 is 57.0 Å². The minimum atomic E-state index is -0.358. The zero-order valence-corrected chi connectivity index (χ0v) is 41.2. The first kappa shape index (κ1) is 49.7. The quantitative estimate of drug-likeness (QED) is 0.0871. The summed E-state index contributed by atoms with van der Waals surface area (Å²) in [7, 11) is -0.698. The van der Waals surface area contributed by atoms with Crippen LogP contribution in [0.2, 0.25) is 0 Å². The molecule has 0 atom stereocenters. The van der Waals surface area contributed by atoms with E-state index >= 15 is 0 Å². The number of benzene rings is 2. The van der Waals surface area contributed by atoms with Gasteiger partial charge in [-0.1, -0.05) is 149 Å². The highest BCUT2D eigenvalue weighted by atomic mass is 79.9. The van der Waals surface area contributed by atoms with Crippen LogP contribution in [0.3, 0.4) is 0 Å². The molecule has 0 aromatic heterocycles. The number of hydrogen-bond acceptors (Lipinski definition) is 4. The average molecular weight is 903 g/mol. The summed E-state index contributed by atoms with van der Waals surface area (Å²) >= 11 is 7.50. The largest absolute Gasteiger partial charge is 0.495 e. The maximum absolute atomic E-state index is 6.56. The highest BCUT2D eigenvalue weighted by Crippen LogP contribution is 2.39. The molecular weight excluding hydrogens is 822 g/mol. The van der Waals surface area contributed by atoms with Crippen LogP contribution in [0.15, 0.2) is 33.2 Å². The lowest BCUT2D eigenvalue weighted by Gasteiger charge is -2.32. The summed E-state index contributed by atoms with van der Waals surface area (Å²) in [6.45, 7) is 26.2. The fourth-order valence-corrected chi connectivity index (χ4v) is 8.70. The standard InChI is InChI=1S/C30H52B2O4.C18H28Br2/c1-11-13-15-17-19-23-21-26(32-35-29(7,8)30(9,10)36-32)24(20-18-16-14-12-2)22-25(23)31-33-27(3,4)28(5,6)34-31;1-3-5-7-9-11-15-13-18(20)16(14-17(15)19)12-10-8-6-4-2/h21-22H,11-20H2,1-10H3;13-14H,3-12H2,1-2H3. The lowest BCUT2D eigenvalue weighted by atomic mass is 9.67. The van der Waals surface area contributed by atoms with Gasteiger partial charge in [-0.2, -0.15) is 0 Å². The van der Waals surface area contributed by atoms with E-state index in [2.05, 4.69) is 139 Å². The third kappa shape index (κ3) is 14.2. The van der Waals surface area contributed by atoms with E-state index in [9.17, 15) is 0 Å². The molecule has 2 aliphatic heterocycles. The summed E-state index contributed by atoms with van der Waals surface area (Å²) in [5, 5.41) is 0. The van der Waals surface area contributed by atoms with Gasteiger partial charge in [-0.15, -0.1) is 0 Å². The Balaban J connectivity index is 0.000000356. The van der Waals surface area contributed by atoms with Crippen molar-refractivity contribution in [2.75, 3.05) is 0 Å². The van der Waals surface area contributed by atoms with Gasteiger partial charge < -0.3 is 18.6 Å². The van der Waals surface area contributed by atoms with E-state index in [1.54, 1.807) is 0 Å². The number of aryl methyl sites for hydroxylation is 4. The SMILES string of the molecule is CCCCCCc1cc(B2OC(C)(C)C(C)(C)O2)c(CCCCCC)cc1B1OC(C)(C)C(C)(C)O1.CCCCCCc1cc(Br)c(CCCCCC)cc1Br. The van der Waals surface area contributed by atoms with Gasteiger partial charge in [-0.25, -0.2) is 0 Å². The van der Waals surface area contributed by atoms with Crippen LogP contribution in [0.1, 0.15) is 208 Å². The summed E-state index contributed by atoms with van der Waals surface area (Å²) < 4.78 is 28.8. The second kappa shape index (κ2) is 23.4. The second-order valence-electron chi connectivity index (χ2n) is 18.7. The van der Waals surface area contributed by atoms with Crippen molar-refractivity contribution in [1.29, 1.82) is 0 Å². The zero-order chi connectivity index (χ0) is 41.6. The lowest BCUT2D eigenvalue weighted by Crippen LogP contribution is -2.43. The molecular formula is C48H80B2Br2O4. The van der Waals surface area contributed by atoms with E-state index < -0.39 is 0 Å². The molecule has 0 radical (unpaired) electrons. The molecule has 4 rings (SSSR count). The Morgan fingerprint density at radius 3 is 0.875 bits per heavy atom. The van der Waals surface area contributed by atoms with Gasteiger partial charge in [0.05, 0.1) is 22.4 Å². The molecule has 0 bridgehead atoms. The zero-order valence-electron chi connectivity index (χ0n) is 38.0. The predicted octanol–water partition coefficient (Wildman–Crippen LogP) is 14.0. The van der Waals surface area contributed by atoms with E-state index in [-0.39, 0.29) is 36.6 Å². The molecule has 0 saturated carbocycles. The Bertz CT molecular complexity index is 1330. The van der Waals surface area contributed by atoms with Gasteiger partial charge in [0.25, 0.3) is 0 Å². The maximum Gasteiger partial charge on any atom is 0.495 e. The summed E-state index contributed by atoms with van der Waals surface area (Å²) in [5.74, 6) is 0. The molecule has 2 fully saturated rings. The monoisotopic (exact) mass is 900 g/mol. The molecule has 8 heteroatoms. The molecule has 0 aliphatic carbocycles. The summed E-state index contributed by atoms with van der Waals surface area (Å²) in [4.78, 5) is 0. The van der Waals surface area contributed by atoms with Crippen LogP contribution in [0.5, 0.6) is 0 Å². The Morgan fingerprint density at radius 2 is 0.625 bits per heavy atom. The van der Waals surface area contributed by atoms with Crippen molar-refractivity contribution in [2.45, 2.75) is 234 Å². The number of rotatable bonds is 22. The van der Waals surface area contributed by atoms with Crippen LogP contribution in [0.4, 0.5) is 0 Å². The van der Waals surface area contributed by atoms with Gasteiger partial charge in [-0.05, 0) is 152 Å². The molecule has 2 aromatic rings. The Morgan fingerprint density at radius 1 is 0.375 bits per heavy atom. The average Bonchev–Trinajstić information content (AvgIpc) is 3.49. The van der Waals surface area contributed by atoms with Crippen LogP contribution in [-0.2, 0) is 44.3 Å². The van der Waals surface area contributed by atoms with Crippen molar-refractivity contribution in [3.05, 3.63) is 55.5 Å². The van der Waals surface area contributed by atoms with Gasteiger partial charge >= 0.3 is 14.2 Å². The third-order valence-corrected chi connectivity index (χ3v) is 14.3. The van der Waals surface area contributed by atoms with Crippen molar-refractivity contribution < 1.29 is 18.6 Å². The smallest absolute Gasteiger partial charge is 0.399 e. The van der Waals surface area contributed by atoms with Gasteiger partial charge in [0.1, 0.15) is 0 Å². The van der Waals surface area contributed by atoms with Crippen LogP contribution in [0, 0.1) is 0 Å². The van der Waals surface area contributed by atoms with Crippen molar-refractivity contribution in [1.82, 2.24) is 0 Å². The molecule has 2 aliphatic rings. The van der Waals surface area contributed by atoms with Gasteiger partial charge in [0, 0.05) is 8.95 Å². The molecule has 56 heavy (non-hydrogen) atoms. The summed E-state index contributed by atoms with van der Waals surface area (Å²) in [6, 6.07) is 9.38. The maximum atomic E-state index is 6.56. The molecule has 2 aromatic carbocycles. The molecule has 0 N–H and O–H groups in total. The normalized spacial score (nSPS) is 18.0. The van der Waals surface area contributed by atoms with Gasteiger partial charge in [0.2, 0.25) is 0 Å². The van der Waals surface area contributed by atoms with Crippen molar-refractivity contribution in [2.24, 2.45) is 0 Å². The Hall–Kier alpha value is -0.630. The second-order valence-corrected chi connectivity index (χ2v) is 20.4. The molecule has 0 unspecified atom stereocenters. The molecule has 2 heterocycles. The number of hydrogen-bond donors (Lipinski definition) is 0. The van der Waals surface area contributed by atoms with Crippen molar-refractivity contribution in [3.63, 3.8) is 0 Å². The van der Waals surface area contributed by atoms with Crippen LogP contribution in [-0.4, -0.2) is 36.6 Å². The van der Waals surface area contributed by atoms with E-state index in [0.717, 1.165) is 12.8 Å². The fourth-order valence-electron chi connectivity index (χ4n) is 7.52. The van der Waals surface area contributed by atoms with Crippen LogP contribution in [0.25, 0.3) is 0 Å². The molecule has 316 valence electrons. The Kier molecular flexibility index (Phi) is 20.8. The summed E-state index contributed by atoms with van der Waals surface area (Å²) in [6.07, 6.45) is 24.9. The Labute approximate surface area is 363 Å². The van der Waals surface area contributed by atoms with E-state index in [1.807, 2.05) is 0 Å². The number of unbranched alkanes of at least 4 members (excludes halogenated alkanes) is 12. The first-order valence-electron chi connectivity index (χ1n) is 22.8. The van der Waals surface area contributed by atoms with Gasteiger partial charge in [0.15, 0.2) is 0 Å². The third-order valence-electron chi connectivity index (χ3n) is 12.8. The van der Waals surface area contributed by atoms with E-state index in [1.165, 1.54) is 158 Å². The lowest BCUT2D eigenvalue weighted by molar-refractivity contribution is 0.00578. The highest BCUT2D eigenvalue weighted by molar-refractivity contribution is 9.11. The minimum absolute atomic E-state index is 0.349. The summed E-state index contributed by atoms with van der Waals surface area (Å²) in [5.41, 5.74) is 6.47. The minimum Gasteiger partial charge on any atom is -0.399 e. The van der Waals surface area contributed by atoms with Crippen LogP contribution < -0.4 is 10.9 Å². The molecule has 4 nitrogen and oxygen atoms in total. The molecule has 2 saturated heterocycles. The molecule has 0 amide bonds. The van der Waals surface area contributed by atoms with Crippen LogP contribution >= 0.6 is 31.9 Å².